The van der Waals surface area contributed by atoms with Crippen LogP contribution in [0.1, 0.15) is 41.5 Å². The summed E-state index contributed by atoms with van der Waals surface area (Å²) in [6.07, 6.45) is 0. The second-order valence-electron chi connectivity index (χ2n) is 4.97. The van der Waals surface area contributed by atoms with Crippen molar-refractivity contribution in [3.8, 4) is 0 Å². The van der Waals surface area contributed by atoms with Crippen molar-refractivity contribution >= 4 is 8.07 Å². The molecule has 14 heavy (non-hydrogen) atoms. The van der Waals surface area contributed by atoms with Gasteiger partial charge in [-0.3, -0.25) is 0 Å². The topological polar surface area (TPSA) is 40.5 Å². The highest BCUT2D eigenvalue weighted by Crippen LogP contribution is 2.42. The summed E-state index contributed by atoms with van der Waals surface area (Å²) in [6, 6.07) is 0. The lowest BCUT2D eigenvalue weighted by atomic mass is 10.5. The lowest BCUT2D eigenvalue weighted by Gasteiger charge is -2.40. The molecule has 0 aromatic carbocycles. The molecule has 2 nitrogen and oxygen atoms in total. The van der Waals surface area contributed by atoms with Crippen molar-refractivity contribution in [3.05, 3.63) is 11.6 Å². The second-order valence-corrected chi connectivity index (χ2v) is 10.7. The van der Waals surface area contributed by atoms with Gasteiger partial charge in [0.25, 0.3) is 5.95 Å². The maximum Gasteiger partial charge on any atom is 0.265 e. The van der Waals surface area contributed by atoms with Crippen LogP contribution in [0.5, 0.6) is 0 Å². The maximum absolute atomic E-state index is 9.09. The average molecular weight is 216 g/mol. The van der Waals surface area contributed by atoms with Crippen molar-refractivity contribution in [2.75, 3.05) is 0 Å². The Hall–Kier alpha value is -0.443. The molecule has 0 bridgehead atoms. The molecule has 0 saturated carbocycles. The second kappa shape index (κ2) is 4.87. The van der Waals surface area contributed by atoms with E-state index in [-0.39, 0.29) is 0 Å². The highest BCUT2D eigenvalue weighted by molar-refractivity contribution is 6.88. The van der Waals surface area contributed by atoms with Crippen molar-refractivity contribution in [2.24, 2.45) is 0 Å². The van der Waals surface area contributed by atoms with Crippen molar-refractivity contribution in [1.29, 1.82) is 0 Å². The molecule has 0 saturated heterocycles. The number of hydrogen-bond acceptors (Lipinski definition) is 2. The van der Waals surface area contributed by atoms with Gasteiger partial charge in [-0.2, -0.15) is 0 Å². The van der Waals surface area contributed by atoms with E-state index < -0.39 is 14.0 Å². The van der Waals surface area contributed by atoms with Crippen LogP contribution in [0.3, 0.4) is 0 Å². The number of hydrogen-bond donors (Lipinski definition) is 2. The van der Waals surface area contributed by atoms with Crippen LogP contribution in [-0.2, 0) is 0 Å². The molecule has 0 amide bonds. The Morgan fingerprint density at radius 1 is 0.857 bits per heavy atom. The van der Waals surface area contributed by atoms with E-state index in [2.05, 4.69) is 41.5 Å². The van der Waals surface area contributed by atoms with Gasteiger partial charge in [0.2, 0.25) is 0 Å². The van der Waals surface area contributed by atoms with Gasteiger partial charge in [-0.1, -0.05) is 41.5 Å². The molecule has 0 radical (unpaired) electrons. The minimum atomic E-state index is -1.75. The average Bonchev–Trinajstić information content (AvgIpc) is 1.97. The fraction of sp³-hybridized carbons (Fsp3) is 0.818. The molecule has 0 rings (SSSR count). The van der Waals surface area contributed by atoms with E-state index in [0.717, 1.165) is 0 Å². The minimum Gasteiger partial charge on any atom is -0.482 e. The molecule has 84 valence electrons. The zero-order valence-corrected chi connectivity index (χ0v) is 11.2. The van der Waals surface area contributed by atoms with Crippen LogP contribution in [0, 0.1) is 0 Å². The molecule has 0 fully saturated rings. The summed E-state index contributed by atoms with van der Waals surface area (Å²) in [5.41, 5.74) is 3.32. The fourth-order valence-electron chi connectivity index (χ4n) is 2.72. The SMILES string of the molecule is CC(C)[Si](C=C(O)O)(C(C)C)C(C)C. The van der Waals surface area contributed by atoms with Gasteiger partial charge in [-0.05, 0) is 22.3 Å². The standard InChI is InChI=1S/C11H24O2Si/c1-8(2)14(9(3)4,10(5)6)7-11(12)13/h7-10,12-13H,1-6H3. The van der Waals surface area contributed by atoms with Crippen molar-refractivity contribution in [3.63, 3.8) is 0 Å². The zero-order valence-electron chi connectivity index (χ0n) is 10.2. The summed E-state index contributed by atoms with van der Waals surface area (Å²) in [4.78, 5) is 0. The van der Waals surface area contributed by atoms with Crippen LogP contribution >= 0.6 is 0 Å². The van der Waals surface area contributed by atoms with Gasteiger partial charge in [-0.15, -0.1) is 0 Å². The van der Waals surface area contributed by atoms with E-state index in [9.17, 15) is 0 Å². The van der Waals surface area contributed by atoms with E-state index in [1.807, 2.05) is 0 Å². The van der Waals surface area contributed by atoms with Crippen LogP contribution in [-0.4, -0.2) is 18.3 Å². The van der Waals surface area contributed by atoms with E-state index in [1.54, 1.807) is 5.70 Å². The van der Waals surface area contributed by atoms with E-state index in [1.165, 1.54) is 0 Å². The quantitative estimate of drug-likeness (QED) is 0.547. The van der Waals surface area contributed by atoms with E-state index in [0.29, 0.717) is 16.6 Å². The van der Waals surface area contributed by atoms with Crippen LogP contribution in [0.15, 0.2) is 11.6 Å². The third-order valence-electron chi connectivity index (χ3n) is 3.38. The minimum absolute atomic E-state index is 0.493. The van der Waals surface area contributed by atoms with Gasteiger partial charge in [0, 0.05) is 0 Å². The number of aliphatic hydroxyl groups is 2. The molecule has 0 aromatic rings. The molecule has 0 aromatic heterocycles. The van der Waals surface area contributed by atoms with Gasteiger partial charge >= 0.3 is 0 Å². The molecule has 0 spiro atoms. The van der Waals surface area contributed by atoms with Crippen LogP contribution in [0.2, 0.25) is 16.6 Å². The van der Waals surface area contributed by atoms with Gasteiger partial charge in [0.1, 0.15) is 0 Å². The summed E-state index contributed by atoms with van der Waals surface area (Å²) in [5.74, 6) is -0.493. The first-order valence-electron chi connectivity index (χ1n) is 5.35. The predicted octanol–water partition coefficient (Wildman–Crippen LogP) is 4.16. The van der Waals surface area contributed by atoms with Crippen LogP contribution < -0.4 is 0 Å². The van der Waals surface area contributed by atoms with Crippen molar-refractivity contribution in [1.82, 2.24) is 0 Å². The molecule has 0 atom stereocenters. The number of rotatable bonds is 4. The highest BCUT2D eigenvalue weighted by atomic mass is 28.3. The Morgan fingerprint density at radius 2 is 1.14 bits per heavy atom. The van der Waals surface area contributed by atoms with Crippen molar-refractivity contribution < 1.29 is 10.2 Å². The Labute approximate surface area is 88.7 Å². The zero-order chi connectivity index (χ0) is 11.5. The smallest absolute Gasteiger partial charge is 0.265 e. The first-order chi connectivity index (χ1) is 6.25. The normalized spacial score (nSPS) is 12.6. The van der Waals surface area contributed by atoms with Crippen LogP contribution in [0.4, 0.5) is 0 Å². The summed E-state index contributed by atoms with van der Waals surface area (Å²) < 4.78 is 0. The summed E-state index contributed by atoms with van der Waals surface area (Å²) in [5, 5.41) is 18.2. The first kappa shape index (κ1) is 13.6. The molecule has 0 unspecified atom stereocenters. The van der Waals surface area contributed by atoms with E-state index >= 15 is 0 Å². The Morgan fingerprint density at radius 3 is 1.21 bits per heavy atom. The molecular formula is C11H24O2Si. The molecule has 0 heterocycles. The Kier molecular flexibility index (Phi) is 4.72. The molecule has 0 aliphatic rings. The first-order valence-corrected chi connectivity index (χ1v) is 7.66. The summed E-state index contributed by atoms with van der Waals surface area (Å²) in [7, 11) is -1.75. The van der Waals surface area contributed by atoms with Gasteiger partial charge < -0.3 is 10.2 Å². The van der Waals surface area contributed by atoms with E-state index in [4.69, 9.17) is 10.2 Å². The van der Waals surface area contributed by atoms with Gasteiger partial charge in [0.05, 0.1) is 8.07 Å². The summed E-state index contributed by atoms with van der Waals surface area (Å²) >= 11 is 0. The fourth-order valence-corrected chi connectivity index (χ4v) is 8.17. The third kappa shape index (κ3) is 2.53. The molecule has 0 aliphatic carbocycles. The largest absolute Gasteiger partial charge is 0.482 e. The predicted molar refractivity (Wildman–Crippen MR) is 64.4 cm³/mol. The summed E-state index contributed by atoms with van der Waals surface area (Å²) in [6.45, 7) is 13.1. The van der Waals surface area contributed by atoms with Gasteiger partial charge in [0.15, 0.2) is 0 Å². The Balaban J connectivity index is 5.28. The molecule has 3 heteroatoms. The third-order valence-corrected chi connectivity index (χ3v) is 10.1. The molecule has 2 N–H and O–H groups in total. The van der Waals surface area contributed by atoms with Crippen LogP contribution in [0.25, 0.3) is 0 Å². The lowest BCUT2D eigenvalue weighted by Crippen LogP contribution is -2.43. The number of aliphatic hydroxyl groups excluding tert-OH is 1. The highest BCUT2D eigenvalue weighted by Gasteiger charge is 2.41. The monoisotopic (exact) mass is 216 g/mol. The maximum atomic E-state index is 9.09. The Bertz CT molecular complexity index is 182. The van der Waals surface area contributed by atoms with Crippen molar-refractivity contribution in [2.45, 2.75) is 58.2 Å². The molecular weight excluding hydrogens is 192 g/mol. The molecule has 0 aliphatic heterocycles. The van der Waals surface area contributed by atoms with Gasteiger partial charge in [-0.25, -0.2) is 0 Å². The lowest BCUT2D eigenvalue weighted by molar-refractivity contribution is 0.192.